The zero-order valence-electron chi connectivity index (χ0n) is 16.3. The number of allylic oxidation sites excluding steroid dienone is 1. The van der Waals surface area contributed by atoms with Crippen LogP contribution in [0.3, 0.4) is 0 Å². The smallest absolute Gasteiger partial charge is 0.344 e. The summed E-state index contributed by atoms with van der Waals surface area (Å²) in [5.74, 6) is 0.147. The molecular formula is C26H22O3. The van der Waals surface area contributed by atoms with Crippen molar-refractivity contribution in [3.63, 3.8) is 0 Å². The molecule has 0 spiro atoms. The molecule has 0 unspecified atom stereocenters. The lowest BCUT2D eigenvalue weighted by atomic mass is 9.91. The van der Waals surface area contributed by atoms with Crippen LogP contribution in [-0.4, -0.2) is 17.7 Å². The molecular weight excluding hydrogens is 360 g/mol. The largest absolute Gasteiger partial charge is 0.422 e. The number of ether oxygens (including phenoxy) is 1. The highest BCUT2D eigenvalue weighted by atomic mass is 16.5. The van der Waals surface area contributed by atoms with E-state index in [2.05, 4.69) is 0 Å². The van der Waals surface area contributed by atoms with Crippen LogP contribution in [0.2, 0.25) is 0 Å². The number of aliphatic hydroxyl groups excluding tert-OH is 1. The van der Waals surface area contributed by atoms with E-state index in [9.17, 15) is 9.90 Å². The van der Waals surface area contributed by atoms with Gasteiger partial charge in [-0.3, -0.25) is 0 Å². The van der Waals surface area contributed by atoms with Gasteiger partial charge in [0.05, 0.1) is 5.57 Å². The van der Waals surface area contributed by atoms with Crippen LogP contribution in [0.1, 0.15) is 28.7 Å². The molecule has 0 saturated carbocycles. The maximum atomic E-state index is 12.9. The van der Waals surface area contributed by atoms with Gasteiger partial charge in [0.2, 0.25) is 0 Å². The van der Waals surface area contributed by atoms with Gasteiger partial charge >= 0.3 is 5.97 Å². The Hall–Kier alpha value is -3.43. The van der Waals surface area contributed by atoms with Crippen LogP contribution in [0.4, 0.5) is 0 Å². The SMILES string of the molecule is Cc1ccc(C2=C(CCO)C(=C(c3ccccc3)c3ccccc3)OC2=O)cc1. The number of aliphatic hydroxyl groups is 1. The molecule has 1 N–H and O–H groups in total. The van der Waals surface area contributed by atoms with E-state index in [-0.39, 0.29) is 12.6 Å². The Labute approximate surface area is 170 Å². The fraction of sp³-hybridized carbons (Fsp3) is 0.115. The highest BCUT2D eigenvalue weighted by Crippen LogP contribution is 2.41. The van der Waals surface area contributed by atoms with Crippen molar-refractivity contribution in [2.45, 2.75) is 13.3 Å². The van der Waals surface area contributed by atoms with E-state index in [1.54, 1.807) is 0 Å². The van der Waals surface area contributed by atoms with E-state index in [4.69, 9.17) is 4.74 Å². The second kappa shape index (κ2) is 8.29. The standard InChI is InChI=1S/C26H22O3/c1-18-12-14-21(15-13-18)24-22(16-17-27)25(29-26(24)28)23(19-8-4-2-5-9-19)20-10-6-3-7-11-20/h2-15,27H,16-17H2,1H3. The van der Waals surface area contributed by atoms with Crippen LogP contribution in [0.25, 0.3) is 11.1 Å². The minimum atomic E-state index is -0.378. The van der Waals surface area contributed by atoms with Crippen LogP contribution in [0, 0.1) is 6.92 Å². The summed E-state index contributed by atoms with van der Waals surface area (Å²) in [5, 5.41) is 9.74. The topological polar surface area (TPSA) is 46.5 Å². The molecule has 0 amide bonds. The third-order valence-corrected chi connectivity index (χ3v) is 5.03. The minimum absolute atomic E-state index is 0.0678. The van der Waals surface area contributed by atoms with Crippen LogP contribution in [-0.2, 0) is 9.53 Å². The number of carbonyl (C=O) groups is 1. The van der Waals surface area contributed by atoms with Gasteiger partial charge in [-0.1, -0.05) is 90.5 Å². The molecule has 0 bridgehead atoms. The number of carbonyl (C=O) groups excluding carboxylic acids is 1. The van der Waals surface area contributed by atoms with E-state index in [0.717, 1.165) is 33.4 Å². The van der Waals surface area contributed by atoms with E-state index in [1.165, 1.54) is 0 Å². The average Bonchev–Trinajstić information content (AvgIpc) is 3.06. The molecule has 0 atom stereocenters. The first-order valence-electron chi connectivity index (χ1n) is 9.67. The van der Waals surface area contributed by atoms with Gasteiger partial charge in [-0.2, -0.15) is 0 Å². The third kappa shape index (κ3) is 3.78. The average molecular weight is 382 g/mol. The summed E-state index contributed by atoms with van der Waals surface area (Å²) in [5.41, 5.74) is 5.96. The molecule has 1 aliphatic rings. The van der Waals surface area contributed by atoms with E-state index >= 15 is 0 Å². The third-order valence-electron chi connectivity index (χ3n) is 5.03. The maximum Gasteiger partial charge on any atom is 0.344 e. The molecule has 0 aliphatic carbocycles. The van der Waals surface area contributed by atoms with Crippen molar-refractivity contribution in [2.24, 2.45) is 0 Å². The lowest BCUT2D eigenvalue weighted by molar-refractivity contribution is -0.131. The Kier molecular flexibility index (Phi) is 5.41. The quantitative estimate of drug-likeness (QED) is 0.621. The first-order valence-corrected chi connectivity index (χ1v) is 9.67. The first-order chi connectivity index (χ1) is 14.2. The fourth-order valence-electron chi connectivity index (χ4n) is 3.65. The van der Waals surface area contributed by atoms with Crippen LogP contribution < -0.4 is 0 Å². The molecule has 144 valence electrons. The Morgan fingerprint density at radius 1 is 0.828 bits per heavy atom. The molecule has 3 heteroatoms. The predicted octanol–water partition coefficient (Wildman–Crippen LogP) is 5.15. The zero-order valence-corrected chi connectivity index (χ0v) is 16.3. The van der Waals surface area contributed by atoms with E-state index < -0.39 is 0 Å². The minimum Gasteiger partial charge on any atom is -0.422 e. The van der Waals surface area contributed by atoms with Gasteiger partial charge < -0.3 is 9.84 Å². The van der Waals surface area contributed by atoms with Gasteiger partial charge in [0, 0.05) is 24.2 Å². The van der Waals surface area contributed by atoms with Crippen molar-refractivity contribution in [1.82, 2.24) is 0 Å². The van der Waals surface area contributed by atoms with Crippen LogP contribution in [0.5, 0.6) is 0 Å². The lowest BCUT2D eigenvalue weighted by Crippen LogP contribution is -2.00. The Balaban J connectivity index is 1.99. The van der Waals surface area contributed by atoms with Gasteiger partial charge in [-0.25, -0.2) is 4.79 Å². The Morgan fingerprint density at radius 2 is 1.38 bits per heavy atom. The summed E-state index contributed by atoms with van der Waals surface area (Å²) in [7, 11) is 0. The van der Waals surface area contributed by atoms with Crippen molar-refractivity contribution in [2.75, 3.05) is 6.61 Å². The number of hydrogen-bond acceptors (Lipinski definition) is 3. The number of cyclic esters (lactones) is 1. The summed E-state index contributed by atoms with van der Waals surface area (Å²) in [6.45, 7) is 1.94. The molecule has 3 aromatic rings. The fourth-order valence-corrected chi connectivity index (χ4v) is 3.65. The molecule has 3 aromatic carbocycles. The second-order valence-corrected chi connectivity index (χ2v) is 7.02. The van der Waals surface area contributed by atoms with Crippen molar-refractivity contribution >= 4 is 17.1 Å². The normalized spacial score (nSPS) is 13.6. The summed E-state index contributed by atoms with van der Waals surface area (Å²) < 4.78 is 5.85. The molecule has 1 heterocycles. The summed E-state index contributed by atoms with van der Waals surface area (Å²) >= 11 is 0. The molecule has 0 saturated heterocycles. The molecule has 4 rings (SSSR count). The number of aryl methyl sites for hydroxylation is 1. The predicted molar refractivity (Wildman–Crippen MR) is 115 cm³/mol. The van der Waals surface area contributed by atoms with Gasteiger partial charge in [0.1, 0.15) is 5.76 Å². The van der Waals surface area contributed by atoms with Gasteiger partial charge in [-0.05, 0) is 23.6 Å². The second-order valence-electron chi connectivity index (χ2n) is 7.02. The van der Waals surface area contributed by atoms with Gasteiger partial charge in [0.15, 0.2) is 0 Å². The molecule has 0 radical (unpaired) electrons. The Morgan fingerprint density at radius 3 is 1.90 bits per heavy atom. The van der Waals surface area contributed by atoms with Crippen LogP contribution in [0.15, 0.2) is 96.3 Å². The number of esters is 1. The highest BCUT2D eigenvalue weighted by Gasteiger charge is 2.33. The molecule has 29 heavy (non-hydrogen) atoms. The lowest BCUT2D eigenvalue weighted by Gasteiger charge is -2.14. The van der Waals surface area contributed by atoms with E-state index in [1.807, 2.05) is 91.9 Å². The molecule has 1 aliphatic heterocycles. The van der Waals surface area contributed by atoms with Gasteiger partial charge in [-0.15, -0.1) is 0 Å². The van der Waals surface area contributed by atoms with Crippen LogP contribution >= 0.6 is 0 Å². The number of rotatable bonds is 5. The first kappa shape index (κ1) is 18.9. The molecule has 0 fully saturated rings. The zero-order chi connectivity index (χ0) is 20.2. The van der Waals surface area contributed by atoms with Crippen molar-refractivity contribution in [1.29, 1.82) is 0 Å². The summed E-state index contributed by atoms with van der Waals surface area (Å²) in [4.78, 5) is 12.9. The van der Waals surface area contributed by atoms with Crippen molar-refractivity contribution < 1.29 is 14.6 Å². The highest BCUT2D eigenvalue weighted by molar-refractivity contribution is 6.22. The number of benzene rings is 3. The monoisotopic (exact) mass is 382 g/mol. The number of hydrogen-bond donors (Lipinski definition) is 1. The maximum absolute atomic E-state index is 12.9. The molecule has 0 aromatic heterocycles. The summed E-state index contributed by atoms with van der Waals surface area (Å²) in [6, 6.07) is 27.6. The van der Waals surface area contributed by atoms with Crippen molar-refractivity contribution in [3.8, 4) is 0 Å². The molecule has 3 nitrogen and oxygen atoms in total. The summed E-state index contributed by atoms with van der Waals surface area (Å²) in [6.07, 6.45) is 0.341. The van der Waals surface area contributed by atoms with Crippen molar-refractivity contribution in [3.05, 3.63) is 119 Å². The van der Waals surface area contributed by atoms with Gasteiger partial charge in [0.25, 0.3) is 0 Å². The Bertz CT molecular complexity index is 1030. The van der Waals surface area contributed by atoms with E-state index in [0.29, 0.717) is 17.8 Å².